The number of rotatable bonds is 10. The number of aliphatic hydroxyl groups is 1. The average molecular weight is 501 g/mol. The fraction of sp³-hybridized carbons (Fsp3) is 0.571. The normalized spacial score (nSPS) is 18.8. The summed E-state index contributed by atoms with van der Waals surface area (Å²) in [5, 5.41) is 16.0. The zero-order chi connectivity index (χ0) is 19.4. The highest BCUT2D eigenvalue weighted by atomic mass is 127. The molecular formula is C21H32IN3O3. The first kappa shape index (κ1) is 24.5. The number of halogens is 1. The lowest BCUT2D eigenvalue weighted by atomic mass is 9.84. The maximum atomic E-state index is 9.34. The van der Waals surface area contributed by atoms with Gasteiger partial charge in [0.05, 0.1) is 13.2 Å². The van der Waals surface area contributed by atoms with E-state index < -0.39 is 0 Å². The molecule has 1 fully saturated rings. The van der Waals surface area contributed by atoms with E-state index in [1.807, 2.05) is 31.2 Å². The summed E-state index contributed by atoms with van der Waals surface area (Å²) in [4.78, 5) is 4.73. The van der Waals surface area contributed by atoms with E-state index in [4.69, 9.17) is 20.9 Å². The van der Waals surface area contributed by atoms with Crippen molar-refractivity contribution < 1.29 is 14.6 Å². The molecule has 0 amide bonds. The van der Waals surface area contributed by atoms with Gasteiger partial charge in [0.2, 0.25) is 0 Å². The van der Waals surface area contributed by atoms with Gasteiger partial charge in [-0.15, -0.1) is 30.4 Å². The molecule has 6 nitrogen and oxygen atoms in total. The molecule has 0 spiro atoms. The molecule has 1 saturated heterocycles. The van der Waals surface area contributed by atoms with Crippen LogP contribution in [0.25, 0.3) is 0 Å². The summed E-state index contributed by atoms with van der Waals surface area (Å²) in [5.74, 6) is 4.04. The van der Waals surface area contributed by atoms with E-state index in [-0.39, 0.29) is 42.6 Å². The molecule has 1 aliphatic heterocycles. The topological polar surface area (TPSA) is 75.1 Å². The average Bonchev–Trinajstić information content (AvgIpc) is 3.14. The SMILES string of the molecule is C#CCOc1ccc(CCNC(=NCC2(CCO)CCOC2)NCC)cc1.I. The molecule has 28 heavy (non-hydrogen) atoms. The zero-order valence-corrected chi connectivity index (χ0v) is 18.9. The van der Waals surface area contributed by atoms with Gasteiger partial charge in [0, 0.05) is 31.7 Å². The number of hydrogen-bond acceptors (Lipinski definition) is 4. The van der Waals surface area contributed by atoms with E-state index in [2.05, 4.69) is 16.6 Å². The molecule has 0 radical (unpaired) electrons. The van der Waals surface area contributed by atoms with Gasteiger partial charge in [-0.1, -0.05) is 18.1 Å². The third-order valence-corrected chi connectivity index (χ3v) is 4.70. The molecule has 1 unspecified atom stereocenters. The van der Waals surface area contributed by atoms with Gasteiger partial charge in [0.1, 0.15) is 12.4 Å². The van der Waals surface area contributed by atoms with Crippen LogP contribution in [0.1, 0.15) is 25.3 Å². The molecular weight excluding hydrogens is 469 g/mol. The third-order valence-electron chi connectivity index (χ3n) is 4.70. The van der Waals surface area contributed by atoms with Crippen LogP contribution < -0.4 is 15.4 Å². The number of terminal acetylenes is 1. The number of hydrogen-bond donors (Lipinski definition) is 3. The van der Waals surface area contributed by atoms with Crippen LogP contribution in [0.2, 0.25) is 0 Å². The summed E-state index contributed by atoms with van der Waals surface area (Å²) in [7, 11) is 0. The molecule has 1 aliphatic rings. The van der Waals surface area contributed by atoms with Crippen molar-refractivity contribution in [2.45, 2.75) is 26.2 Å². The van der Waals surface area contributed by atoms with Gasteiger partial charge >= 0.3 is 0 Å². The number of benzene rings is 1. The first-order valence-electron chi connectivity index (χ1n) is 9.57. The van der Waals surface area contributed by atoms with Gasteiger partial charge in [-0.2, -0.15) is 0 Å². The predicted octanol–water partition coefficient (Wildman–Crippen LogP) is 2.20. The lowest BCUT2D eigenvalue weighted by Gasteiger charge is -2.24. The van der Waals surface area contributed by atoms with Crippen molar-refractivity contribution in [3.8, 4) is 18.1 Å². The Balaban J connectivity index is 0.00000392. The Morgan fingerprint density at radius 3 is 2.75 bits per heavy atom. The number of guanidine groups is 1. The van der Waals surface area contributed by atoms with Crippen molar-refractivity contribution in [3.05, 3.63) is 29.8 Å². The maximum absolute atomic E-state index is 9.34. The number of nitrogens with zero attached hydrogens (tertiary/aromatic N) is 1. The van der Waals surface area contributed by atoms with Gasteiger partial charge in [0.15, 0.2) is 5.96 Å². The van der Waals surface area contributed by atoms with Crippen LogP contribution in [0.5, 0.6) is 5.75 Å². The largest absolute Gasteiger partial charge is 0.481 e. The minimum atomic E-state index is -0.0364. The summed E-state index contributed by atoms with van der Waals surface area (Å²) in [5.41, 5.74) is 1.18. The van der Waals surface area contributed by atoms with Crippen molar-refractivity contribution in [2.24, 2.45) is 10.4 Å². The van der Waals surface area contributed by atoms with Gasteiger partial charge in [-0.3, -0.25) is 4.99 Å². The highest BCUT2D eigenvalue weighted by molar-refractivity contribution is 14.0. The van der Waals surface area contributed by atoms with Gasteiger partial charge in [-0.05, 0) is 43.9 Å². The van der Waals surface area contributed by atoms with Crippen molar-refractivity contribution in [1.82, 2.24) is 10.6 Å². The molecule has 0 bridgehead atoms. The van der Waals surface area contributed by atoms with Gasteiger partial charge < -0.3 is 25.2 Å². The fourth-order valence-corrected chi connectivity index (χ4v) is 3.08. The highest BCUT2D eigenvalue weighted by Gasteiger charge is 2.34. The molecule has 156 valence electrons. The van der Waals surface area contributed by atoms with E-state index in [9.17, 15) is 5.11 Å². The summed E-state index contributed by atoms with van der Waals surface area (Å²) in [6.45, 7) is 6.16. The molecule has 0 aliphatic carbocycles. The van der Waals surface area contributed by atoms with Gasteiger partial charge in [-0.25, -0.2) is 0 Å². The summed E-state index contributed by atoms with van der Waals surface area (Å²) < 4.78 is 10.9. The summed E-state index contributed by atoms with van der Waals surface area (Å²) in [6, 6.07) is 7.96. The van der Waals surface area contributed by atoms with E-state index in [1.54, 1.807) is 0 Å². The Morgan fingerprint density at radius 2 is 2.14 bits per heavy atom. The Morgan fingerprint density at radius 1 is 1.36 bits per heavy atom. The molecule has 1 aromatic rings. The Bertz CT molecular complexity index is 623. The molecule has 3 N–H and O–H groups in total. The van der Waals surface area contributed by atoms with Crippen LogP contribution in [0, 0.1) is 17.8 Å². The van der Waals surface area contributed by atoms with E-state index in [0.717, 1.165) is 50.7 Å². The fourth-order valence-electron chi connectivity index (χ4n) is 3.08. The van der Waals surface area contributed by atoms with Gasteiger partial charge in [0.25, 0.3) is 0 Å². The van der Waals surface area contributed by atoms with E-state index in [0.29, 0.717) is 13.2 Å². The van der Waals surface area contributed by atoms with Crippen LogP contribution in [-0.2, 0) is 11.2 Å². The molecule has 1 atom stereocenters. The standard InChI is InChI=1S/C21H31N3O3.HI/c1-3-14-27-19-7-5-18(6-8-19)9-12-23-20(22-4-2)24-16-21(10-13-25)11-15-26-17-21;/h1,5-8,25H,4,9-17H2,2H3,(H2,22,23,24);1H. The highest BCUT2D eigenvalue weighted by Crippen LogP contribution is 2.32. The molecule has 0 aromatic heterocycles. The predicted molar refractivity (Wildman–Crippen MR) is 123 cm³/mol. The zero-order valence-electron chi connectivity index (χ0n) is 16.6. The second kappa shape index (κ2) is 13.6. The molecule has 1 heterocycles. The molecule has 1 aromatic carbocycles. The second-order valence-electron chi connectivity index (χ2n) is 6.78. The van der Waals surface area contributed by atoms with E-state index >= 15 is 0 Å². The Kier molecular flexibility index (Phi) is 12.0. The molecule has 2 rings (SSSR count). The van der Waals surface area contributed by atoms with Crippen molar-refractivity contribution in [2.75, 3.05) is 46.1 Å². The number of aliphatic imine (C=N–C) groups is 1. The monoisotopic (exact) mass is 501 g/mol. The maximum Gasteiger partial charge on any atom is 0.191 e. The second-order valence-corrected chi connectivity index (χ2v) is 6.78. The van der Waals surface area contributed by atoms with Crippen molar-refractivity contribution in [3.63, 3.8) is 0 Å². The van der Waals surface area contributed by atoms with Crippen LogP contribution >= 0.6 is 24.0 Å². The van der Waals surface area contributed by atoms with Crippen LogP contribution in [-0.4, -0.2) is 57.1 Å². The van der Waals surface area contributed by atoms with Crippen molar-refractivity contribution in [1.29, 1.82) is 0 Å². The number of ether oxygens (including phenoxy) is 2. The van der Waals surface area contributed by atoms with Crippen LogP contribution in [0.4, 0.5) is 0 Å². The van der Waals surface area contributed by atoms with Crippen LogP contribution in [0.15, 0.2) is 29.3 Å². The molecule has 0 saturated carbocycles. The third kappa shape index (κ3) is 8.25. The van der Waals surface area contributed by atoms with E-state index in [1.165, 1.54) is 5.56 Å². The lowest BCUT2D eigenvalue weighted by Crippen LogP contribution is -2.39. The lowest BCUT2D eigenvalue weighted by molar-refractivity contribution is 0.131. The smallest absolute Gasteiger partial charge is 0.191 e. The number of nitrogens with one attached hydrogen (secondary N) is 2. The summed E-state index contributed by atoms with van der Waals surface area (Å²) >= 11 is 0. The Labute approximate surface area is 185 Å². The minimum Gasteiger partial charge on any atom is -0.481 e. The first-order valence-corrected chi connectivity index (χ1v) is 9.57. The minimum absolute atomic E-state index is 0. The quantitative estimate of drug-likeness (QED) is 0.199. The summed E-state index contributed by atoms with van der Waals surface area (Å²) in [6.07, 6.45) is 7.75. The number of aliphatic hydroxyl groups excluding tert-OH is 1. The van der Waals surface area contributed by atoms with Crippen LogP contribution in [0.3, 0.4) is 0 Å². The Hall–Kier alpha value is -1.50. The first-order chi connectivity index (χ1) is 13.2. The van der Waals surface area contributed by atoms with Crippen molar-refractivity contribution >= 4 is 29.9 Å². The molecule has 7 heteroatoms.